The molecule has 0 atom stereocenters. The van der Waals surface area contributed by atoms with Crippen molar-refractivity contribution in [2.45, 2.75) is 12.8 Å². The Kier molecular flexibility index (Phi) is 4.57. The van der Waals surface area contributed by atoms with E-state index in [4.69, 9.17) is 15.7 Å². The zero-order chi connectivity index (χ0) is 13.7. The number of rotatable bonds is 4. The largest absolute Gasteiger partial charge is 0.409 e. The van der Waals surface area contributed by atoms with Gasteiger partial charge in [-0.1, -0.05) is 5.16 Å². The van der Waals surface area contributed by atoms with Gasteiger partial charge in [0.05, 0.1) is 0 Å². The zero-order valence-corrected chi connectivity index (χ0v) is 11.1. The maximum absolute atomic E-state index is 8.67. The number of nitrogens with zero attached hydrogens (tertiary/aromatic N) is 3. The molecule has 2 rings (SSSR count). The van der Waals surface area contributed by atoms with E-state index in [9.17, 15) is 0 Å². The molecule has 0 bridgehead atoms. The Morgan fingerprint density at radius 3 is 3.00 bits per heavy atom. The highest BCUT2D eigenvalue weighted by atomic mass is 16.5. The molecule has 3 N–H and O–H groups in total. The summed E-state index contributed by atoms with van der Waals surface area (Å²) in [6.07, 6.45) is 3.87. The Balaban J connectivity index is 2.03. The van der Waals surface area contributed by atoms with Gasteiger partial charge in [0.2, 0.25) is 0 Å². The summed E-state index contributed by atoms with van der Waals surface area (Å²) in [6.45, 7) is 2.68. The number of nitrogens with two attached hydrogens (primary N) is 1. The number of aromatic nitrogens is 1. The molecule has 1 fully saturated rings. The van der Waals surface area contributed by atoms with Crippen LogP contribution in [0.25, 0.3) is 0 Å². The lowest BCUT2D eigenvalue weighted by Gasteiger charge is -2.28. The highest BCUT2D eigenvalue weighted by Gasteiger charge is 2.16. The van der Waals surface area contributed by atoms with Crippen LogP contribution in [0.2, 0.25) is 0 Å². The van der Waals surface area contributed by atoms with Gasteiger partial charge in [-0.15, -0.1) is 0 Å². The summed E-state index contributed by atoms with van der Waals surface area (Å²) in [5.74, 6) is 0.681. The minimum atomic E-state index is 0.0290. The van der Waals surface area contributed by atoms with Crippen molar-refractivity contribution in [1.82, 2.24) is 4.98 Å². The maximum atomic E-state index is 8.67. The van der Waals surface area contributed by atoms with E-state index in [1.54, 1.807) is 6.20 Å². The van der Waals surface area contributed by atoms with Crippen LogP contribution in [0.15, 0.2) is 23.5 Å². The lowest BCUT2D eigenvalue weighted by atomic mass is 10.00. The van der Waals surface area contributed by atoms with E-state index in [0.29, 0.717) is 11.6 Å². The van der Waals surface area contributed by atoms with E-state index in [2.05, 4.69) is 15.0 Å². The van der Waals surface area contributed by atoms with E-state index >= 15 is 0 Å². The maximum Gasteiger partial charge on any atom is 0.188 e. The van der Waals surface area contributed by atoms with Crippen molar-refractivity contribution in [2.24, 2.45) is 16.8 Å². The topological polar surface area (TPSA) is 84.0 Å². The van der Waals surface area contributed by atoms with E-state index in [1.165, 1.54) is 0 Å². The summed E-state index contributed by atoms with van der Waals surface area (Å²) in [5, 5.41) is 11.6. The van der Waals surface area contributed by atoms with Crippen LogP contribution in [0.4, 0.5) is 5.69 Å². The van der Waals surface area contributed by atoms with E-state index < -0.39 is 0 Å². The molecule has 0 spiro atoms. The predicted molar refractivity (Wildman–Crippen MR) is 73.6 cm³/mol. The van der Waals surface area contributed by atoms with Crippen molar-refractivity contribution in [3.63, 3.8) is 0 Å². The Hall–Kier alpha value is -1.82. The molecule has 1 aliphatic heterocycles. The Bertz CT molecular complexity index is 444. The third kappa shape index (κ3) is 3.57. The van der Waals surface area contributed by atoms with Crippen molar-refractivity contribution in [2.75, 3.05) is 31.7 Å². The fourth-order valence-electron chi connectivity index (χ4n) is 2.27. The standard InChI is InChI=1S/C13H20N4O2/c1-17(9-10-3-6-19-7-4-10)11-2-5-15-12(8-11)13(14)16-18/h2,5,8,10,18H,3-4,6-7,9H2,1H3,(H2,14,16). The molecule has 19 heavy (non-hydrogen) atoms. The van der Waals surface area contributed by atoms with Gasteiger partial charge in [0.15, 0.2) is 5.84 Å². The first-order valence-corrected chi connectivity index (χ1v) is 6.43. The monoisotopic (exact) mass is 264 g/mol. The lowest BCUT2D eigenvalue weighted by Crippen LogP contribution is -2.29. The Morgan fingerprint density at radius 1 is 1.58 bits per heavy atom. The summed E-state index contributed by atoms with van der Waals surface area (Å²) < 4.78 is 5.36. The van der Waals surface area contributed by atoms with Crippen molar-refractivity contribution in [3.8, 4) is 0 Å². The molecule has 1 aromatic heterocycles. The molecule has 2 heterocycles. The highest BCUT2D eigenvalue weighted by Crippen LogP contribution is 2.20. The van der Waals surface area contributed by atoms with Crippen LogP contribution in [-0.4, -0.2) is 42.8 Å². The minimum Gasteiger partial charge on any atom is -0.409 e. The number of pyridine rings is 1. The average Bonchev–Trinajstić information content (AvgIpc) is 2.47. The first kappa shape index (κ1) is 13.6. The first-order chi connectivity index (χ1) is 9.20. The van der Waals surface area contributed by atoms with Crippen molar-refractivity contribution >= 4 is 11.5 Å². The van der Waals surface area contributed by atoms with Gasteiger partial charge in [0.25, 0.3) is 0 Å². The predicted octanol–water partition coefficient (Wildman–Crippen LogP) is 1.04. The van der Waals surface area contributed by atoms with Gasteiger partial charge >= 0.3 is 0 Å². The zero-order valence-electron chi connectivity index (χ0n) is 11.1. The normalized spacial score (nSPS) is 17.4. The van der Waals surface area contributed by atoms with Gasteiger partial charge in [-0.05, 0) is 30.9 Å². The molecule has 0 aromatic carbocycles. The van der Waals surface area contributed by atoms with Crippen LogP contribution in [0.5, 0.6) is 0 Å². The summed E-state index contributed by atoms with van der Waals surface area (Å²) in [7, 11) is 2.04. The number of oxime groups is 1. The van der Waals surface area contributed by atoms with Crippen LogP contribution in [0, 0.1) is 5.92 Å². The molecule has 1 aromatic rings. The van der Waals surface area contributed by atoms with Gasteiger partial charge in [-0.3, -0.25) is 4.98 Å². The van der Waals surface area contributed by atoms with Gasteiger partial charge in [-0.2, -0.15) is 0 Å². The SMILES string of the molecule is CN(CC1CCOCC1)c1ccnc(C(N)=NO)c1. The van der Waals surface area contributed by atoms with Crippen molar-refractivity contribution < 1.29 is 9.94 Å². The van der Waals surface area contributed by atoms with E-state index in [1.807, 2.05) is 19.2 Å². The quantitative estimate of drug-likeness (QED) is 0.367. The minimum absolute atomic E-state index is 0.0290. The fraction of sp³-hybridized carbons (Fsp3) is 0.538. The molecule has 1 aliphatic rings. The second-order valence-electron chi connectivity index (χ2n) is 4.82. The van der Waals surface area contributed by atoms with Gasteiger partial charge < -0.3 is 20.6 Å². The number of hydrogen-bond acceptors (Lipinski definition) is 5. The van der Waals surface area contributed by atoms with Crippen LogP contribution >= 0.6 is 0 Å². The van der Waals surface area contributed by atoms with Crippen molar-refractivity contribution in [1.29, 1.82) is 0 Å². The average molecular weight is 264 g/mol. The summed E-state index contributed by atoms with van der Waals surface area (Å²) in [6, 6.07) is 3.75. The number of hydrogen-bond donors (Lipinski definition) is 2. The third-order valence-corrected chi connectivity index (χ3v) is 3.43. The van der Waals surface area contributed by atoms with Crippen molar-refractivity contribution in [3.05, 3.63) is 24.0 Å². The third-order valence-electron chi connectivity index (χ3n) is 3.43. The molecule has 6 heteroatoms. The molecule has 1 saturated heterocycles. The molecular weight excluding hydrogens is 244 g/mol. The Labute approximate surface area is 112 Å². The fourth-order valence-corrected chi connectivity index (χ4v) is 2.27. The lowest BCUT2D eigenvalue weighted by molar-refractivity contribution is 0.0685. The molecule has 0 unspecified atom stereocenters. The highest BCUT2D eigenvalue weighted by molar-refractivity contribution is 5.95. The molecule has 0 saturated carbocycles. The van der Waals surface area contributed by atoms with Gasteiger partial charge in [0, 0.05) is 38.7 Å². The van der Waals surface area contributed by atoms with Gasteiger partial charge in [0.1, 0.15) is 5.69 Å². The molecule has 104 valence electrons. The van der Waals surface area contributed by atoms with E-state index in [-0.39, 0.29) is 5.84 Å². The molecule has 0 radical (unpaired) electrons. The summed E-state index contributed by atoms with van der Waals surface area (Å²) in [5.41, 5.74) is 7.05. The number of anilines is 1. The molecular formula is C13H20N4O2. The molecule has 6 nitrogen and oxygen atoms in total. The van der Waals surface area contributed by atoms with Crippen LogP contribution in [0.3, 0.4) is 0 Å². The van der Waals surface area contributed by atoms with Crippen LogP contribution in [0.1, 0.15) is 18.5 Å². The first-order valence-electron chi connectivity index (χ1n) is 6.43. The van der Waals surface area contributed by atoms with Crippen LogP contribution < -0.4 is 10.6 Å². The van der Waals surface area contributed by atoms with E-state index in [0.717, 1.165) is 38.3 Å². The van der Waals surface area contributed by atoms with Gasteiger partial charge in [-0.25, -0.2) is 0 Å². The molecule has 0 amide bonds. The smallest absolute Gasteiger partial charge is 0.188 e. The van der Waals surface area contributed by atoms with Crippen LogP contribution in [-0.2, 0) is 4.74 Å². The number of ether oxygens (including phenoxy) is 1. The second kappa shape index (κ2) is 6.38. The summed E-state index contributed by atoms with van der Waals surface area (Å²) >= 11 is 0. The second-order valence-corrected chi connectivity index (χ2v) is 4.82. The Morgan fingerprint density at radius 2 is 2.32 bits per heavy atom. The summed E-state index contributed by atoms with van der Waals surface area (Å²) in [4.78, 5) is 6.25. The molecule has 0 aliphatic carbocycles. The number of amidine groups is 1.